The van der Waals surface area contributed by atoms with Crippen molar-refractivity contribution in [2.24, 2.45) is 0 Å². The zero-order chi connectivity index (χ0) is 16.1. The van der Waals surface area contributed by atoms with Crippen LogP contribution in [0.5, 0.6) is 0 Å². The van der Waals surface area contributed by atoms with Crippen LogP contribution in [0.15, 0.2) is 48.5 Å². The second-order valence-corrected chi connectivity index (χ2v) is 5.25. The van der Waals surface area contributed by atoms with Gasteiger partial charge in [-0.2, -0.15) is 0 Å². The number of nitro benzene ring substituents is 1. The molecule has 22 heavy (non-hydrogen) atoms. The zero-order valence-corrected chi connectivity index (χ0v) is 12.8. The third-order valence-corrected chi connectivity index (χ3v) is 3.61. The Labute approximate surface area is 130 Å². The molecule has 2 rings (SSSR count). The molecule has 0 saturated carbocycles. The minimum absolute atomic E-state index is 0.00449. The lowest BCUT2D eigenvalue weighted by Gasteiger charge is -2.26. The largest absolute Gasteiger partial charge is 0.387 e. The molecule has 5 heteroatoms. The van der Waals surface area contributed by atoms with Crippen molar-refractivity contribution in [1.82, 2.24) is 0 Å². The summed E-state index contributed by atoms with van der Waals surface area (Å²) >= 11 is 0. The van der Waals surface area contributed by atoms with Gasteiger partial charge in [-0.05, 0) is 37.1 Å². The van der Waals surface area contributed by atoms with Crippen molar-refractivity contribution in [1.29, 1.82) is 0 Å². The van der Waals surface area contributed by atoms with Gasteiger partial charge in [0.15, 0.2) is 0 Å². The number of aliphatic hydroxyl groups is 1. The molecule has 0 saturated heterocycles. The number of non-ortho nitro benzene ring substituents is 1. The van der Waals surface area contributed by atoms with Crippen LogP contribution in [0.2, 0.25) is 0 Å². The van der Waals surface area contributed by atoms with Gasteiger partial charge in [0.25, 0.3) is 5.69 Å². The van der Waals surface area contributed by atoms with Crippen LogP contribution in [0.4, 0.5) is 11.4 Å². The SMILES string of the molecule is CCN(CC(O)c1cccc([N+](=O)[O-])c1)c1cccc(C)c1. The Kier molecular flexibility index (Phi) is 5.12. The Morgan fingerprint density at radius 1 is 1.23 bits per heavy atom. The summed E-state index contributed by atoms with van der Waals surface area (Å²) in [4.78, 5) is 12.4. The molecule has 0 fully saturated rings. The molecule has 0 radical (unpaired) electrons. The molecular weight excluding hydrogens is 280 g/mol. The number of anilines is 1. The maximum atomic E-state index is 10.8. The van der Waals surface area contributed by atoms with Crippen LogP contribution < -0.4 is 4.90 Å². The van der Waals surface area contributed by atoms with Gasteiger partial charge >= 0.3 is 0 Å². The minimum Gasteiger partial charge on any atom is -0.387 e. The van der Waals surface area contributed by atoms with E-state index in [-0.39, 0.29) is 5.69 Å². The summed E-state index contributed by atoms with van der Waals surface area (Å²) in [5.41, 5.74) is 2.74. The molecule has 0 aromatic heterocycles. The molecule has 1 atom stereocenters. The van der Waals surface area contributed by atoms with Crippen LogP contribution in [0, 0.1) is 17.0 Å². The molecule has 2 aromatic rings. The standard InChI is InChI=1S/C17H20N2O3/c1-3-18(15-8-4-6-13(2)10-15)12-17(20)14-7-5-9-16(11-14)19(21)22/h4-11,17,20H,3,12H2,1-2H3. The first-order valence-corrected chi connectivity index (χ1v) is 7.25. The normalized spacial score (nSPS) is 12.0. The fourth-order valence-corrected chi connectivity index (χ4v) is 2.40. The van der Waals surface area contributed by atoms with Gasteiger partial charge in [-0.25, -0.2) is 0 Å². The van der Waals surface area contributed by atoms with Crippen molar-refractivity contribution in [2.45, 2.75) is 20.0 Å². The maximum absolute atomic E-state index is 10.8. The first-order valence-electron chi connectivity index (χ1n) is 7.25. The average Bonchev–Trinajstić information content (AvgIpc) is 2.52. The predicted octanol–water partition coefficient (Wildman–Crippen LogP) is 3.46. The van der Waals surface area contributed by atoms with E-state index in [0.29, 0.717) is 12.1 Å². The highest BCUT2D eigenvalue weighted by Gasteiger charge is 2.16. The zero-order valence-electron chi connectivity index (χ0n) is 12.8. The van der Waals surface area contributed by atoms with Crippen molar-refractivity contribution in [3.05, 3.63) is 69.8 Å². The fraction of sp³-hybridized carbons (Fsp3) is 0.294. The van der Waals surface area contributed by atoms with Gasteiger partial charge in [-0.15, -0.1) is 0 Å². The fourth-order valence-electron chi connectivity index (χ4n) is 2.40. The van der Waals surface area contributed by atoms with Crippen LogP contribution >= 0.6 is 0 Å². The Bertz CT molecular complexity index is 658. The van der Waals surface area contributed by atoms with E-state index in [1.165, 1.54) is 12.1 Å². The van der Waals surface area contributed by atoms with Crippen molar-refractivity contribution in [2.75, 3.05) is 18.0 Å². The summed E-state index contributed by atoms with van der Waals surface area (Å²) in [6.45, 7) is 5.17. The number of hydrogen-bond donors (Lipinski definition) is 1. The van der Waals surface area contributed by atoms with Gasteiger partial charge in [0.05, 0.1) is 11.0 Å². The first kappa shape index (κ1) is 16.0. The molecule has 0 bridgehead atoms. The Balaban J connectivity index is 2.17. The van der Waals surface area contributed by atoms with Gasteiger partial charge in [-0.3, -0.25) is 10.1 Å². The molecule has 0 aliphatic heterocycles. The van der Waals surface area contributed by atoms with Gasteiger partial charge in [0, 0.05) is 30.9 Å². The Hall–Kier alpha value is -2.40. The van der Waals surface area contributed by atoms with E-state index < -0.39 is 11.0 Å². The number of aryl methyl sites for hydroxylation is 1. The van der Waals surface area contributed by atoms with Crippen LogP contribution in [-0.2, 0) is 0 Å². The first-order chi connectivity index (χ1) is 10.5. The summed E-state index contributed by atoms with van der Waals surface area (Å²) in [7, 11) is 0. The second kappa shape index (κ2) is 7.04. The van der Waals surface area contributed by atoms with E-state index in [0.717, 1.165) is 17.8 Å². The Morgan fingerprint density at radius 2 is 1.95 bits per heavy atom. The van der Waals surface area contributed by atoms with Crippen LogP contribution in [0.3, 0.4) is 0 Å². The lowest BCUT2D eigenvalue weighted by Crippen LogP contribution is -2.28. The topological polar surface area (TPSA) is 66.6 Å². The summed E-state index contributed by atoms with van der Waals surface area (Å²) < 4.78 is 0. The summed E-state index contributed by atoms with van der Waals surface area (Å²) in [5.74, 6) is 0. The highest BCUT2D eigenvalue weighted by Crippen LogP contribution is 2.23. The molecule has 2 aromatic carbocycles. The summed E-state index contributed by atoms with van der Waals surface area (Å²) in [6.07, 6.45) is -0.777. The molecule has 5 nitrogen and oxygen atoms in total. The number of likely N-dealkylation sites (N-methyl/N-ethyl adjacent to an activating group) is 1. The molecule has 0 heterocycles. The summed E-state index contributed by atoms with van der Waals surface area (Å²) in [5, 5.41) is 21.2. The van der Waals surface area contributed by atoms with E-state index in [1.54, 1.807) is 12.1 Å². The van der Waals surface area contributed by atoms with Crippen LogP contribution in [0.25, 0.3) is 0 Å². The van der Waals surface area contributed by atoms with E-state index in [2.05, 4.69) is 11.0 Å². The highest BCUT2D eigenvalue weighted by molar-refractivity contribution is 5.49. The molecule has 0 spiro atoms. The highest BCUT2D eigenvalue weighted by atomic mass is 16.6. The quantitative estimate of drug-likeness (QED) is 0.655. The monoisotopic (exact) mass is 300 g/mol. The van der Waals surface area contributed by atoms with Crippen molar-refractivity contribution in [3.63, 3.8) is 0 Å². The molecular formula is C17H20N2O3. The third kappa shape index (κ3) is 3.83. The van der Waals surface area contributed by atoms with E-state index in [4.69, 9.17) is 0 Å². The van der Waals surface area contributed by atoms with Gasteiger partial charge in [-0.1, -0.05) is 24.3 Å². The average molecular weight is 300 g/mol. The second-order valence-electron chi connectivity index (χ2n) is 5.25. The van der Waals surface area contributed by atoms with Gasteiger partial charge in [0.2, 0.25) is 0 Å². The summed E-state index contributed by atoms with van der Waals surface area (Å²) in [6, 6.07) is 14.2. The van der Waals surface area contributed by atoms with Crippen molar-refractivity contribution < 1.29 is 10.0 Å². The molecule has 116 valence electrons. The molecule has 1 N–H and O–H groups in total. The number of aliphatic hydroxyl groups excluding tert-OH is 1. The van der Waals surface area contributed by atoms with Crippen molar-refractivity contribution >= 4 is 11.4 Å². The van der Waals surface area contributed by atoms with E-state index in [9.17, 15) is 15.2 Å². The Morgan fingerprint density at radius 3 is 2.59 bits per heavy atom. The van der Waals surface area contributed by atoms with Gasteiger partial charge in [0.1, 0.15) is 0 Å². The number of nitrogens with zero attached hydrogens (tertiary/aromatic N) is 2. The third-order valence-electron chi connectivity index (χ3n) is 3.61. The van der Waals surface area contributed by atoms with Crippen molar-refractivity contribution in [3.8, 4) is 0 Å². The van der Waals surface area contributed by atoms with Crippen LogP contribution in [-0.4, -0.2) is 23.1 Å². The number of rotatable bonds is 6. The molecule has 0 aliphatic rings. The number of hydrogen-bond acceptors (Lipinski definition) is 4. The van der Waals surface area contributed by atoms with Crippen LogP contribution in [0.1, 0.15) is 24.2 Å². The lowest BCUT2D eigenvalue weighted by atomic mass is 10.1. The predicted molar refractivity (Wildman–Crippen MR) is 87.1 cm³/mol. The van der Waals surface area contributed by atoms with E-state index in [1.807, 2.05) is 32.0 Å². The minimum atomic E-state index is -0.777. The van der Waals surface area contributed by atoms with Gasteiger partial charge < -0.3 is 10.0 Å². The molecule has 1 unspecified atom stereocenters. The lowest BCUT2D eigenvalue weighted by molar-refractivity contribution is -0.385. The number of benzene rings is 2. The number of nitro groups is 1. The maximum Gasteiger partial charge on any atom is 0.269 e. The smallest absolute Gasteiger partial charge is 0.269 e. The van der Waals surface area contributed by atoms with E-state index >= 15 is 0 Å². The molecule has 0 amide bonds. The molecule has 0 aliphatic carbocycles.